The van der Waals surface area contributed by atoms with Crippen molar-refractivity contribution < 1.29 is 10.2 Å². The van der Waals surface area contributed by atoms with Gasteiger partial charge in [0.2, 0.25) is 0 Å². The molecule has 0 bridgehead atoms. The molecule has 0 heterocycles. The van der Waals surface area contributed by atoms with Crippen molar-refractivity contribution in [1.29, 1.82) is 0 Å². The Morgan fingerprint density at radius 2 is 1.25 bits per heavy atom. The van der Waals surface area contributed by atoms with E-state index in [4.69, 9.17) is 5.11 Å². The summed E-state index contributed by atoms with van der Waals surface area (Å²) in [4.78, 5) is 0. The molecule has 0 saturated heterocycles. The molecule has 0 aliphatic rings. The minimum absolute atomic E-state index is 0. The van der Waals surface area contributed by atoms with E-state index in [1.165, 1.54) is 0 Å². The molecule has 2 N–H and O–H groups in total. The first kappa shape index (κ1) is 13.3. The van der Waals surface area contributed by atoms with Gasteiger partial charge in [-0.15, -0.1) is 0 Å². The average molecular weight is 224 g/mol. The first-order chi connectivity index (χ1) is 7.27. The van der Waals surface area contributed by atoms with Crippen LogP contribution in [0.5, 0.6) is 5.75 Å². The van der Waals surface area contributed by atoms with Crippen LogP contribution < -0.4 is 0 Å². The second kappa shape index (κ2) is 6.06. The van der Waals surface area contributed by atoms with Crippen LogP contribution >= 0.6 is 0 Å². The second-order valence-corrected chi connectivity index (χ2v) is 3.40. The van der Waals surface area contributed by atoms with Gasteiger partial charge >= 0.3 is 29.6 Å². The summed E-state index contributed by atoms with van der Waals surface area (Å²) in [6, 6.07) is 16.0. The molecule has 78 valence electrons. The van der Waals surface area contributed by atoms with E-state index in [1.807, 2.05) is 30.3 Å². The van der Waals surface area contributed by atoms with Gasteiger partial charge in [0.15, 0.2) is 0 Å². The van der Waals surface area contributed by atoms with Gasteiger partial charge in [-0.25, -0.2) is 0 Å². The number of phenols is 1. The molecule has 2 aromatic rings. The molecule has 2 aromatic carbocycles. The van der Waals surface area contributed by atoms with Crippen molar-refractivity contribution in [2.45, 2.75) is 6.10 Å². The summed E-state index contributed by atoms with van der Waals surface area (Å²) < 4.78 is 0. The van der Waals surface area contributed by atoms with Gasteiger partial charge in [-0.3, -0.25) is 0 Å². The number of aliphatic hydroxyl groups excluding tert-OH is 1. The van der Waals surface area contributed by atoms with E-state index < -0.39 is 6.10 Å². The molecule has 3 heteroatoms. The number of phenolic OH excluding ortho intramolecular Hbond substituents is 1. The SMILES string of the molecule is Oc1ccc(C(O)c2ccccc2)cc1.[NaH]. The fraction of sp³-hybridized carbons (Fsp3) is 0.0769. The zero-order chi connectivity index (χ0) is 10.7. The number of aliphatic hydroxyl groups is 1. The third-order valence-electron chi connectivity index (χ3n) is 2.32. The first-order valence-electron chi connectivity index (χ1n) is 4.79. The van der Waals surface area contributed by atoms with Crippen molar-refractivity contribution in [3.05, 3.63) is 65.7 Å². The summed E-state index contributed by atoms with van der Waals surface area (Å²) in [5.41, 5.74) is 1.63. The first-order valence-corrected chi connectivity index (χ1v) is 4.79. The molecule has 0 saturated carbocycles. The molecular weight excluding hydrogens is 211 g/mol. The molecule has 2 nitrogen and oxygen atoms in total. The van der Waals surface area contributed by atoms with Gasteiger partial charge < -0.3 is 10.2 Å². The van der Waals surface area contributed by atoms with Gasteiger partial charge in [0.25, 0.3) is 0 Å². The van der Waals surface area contributed by atoms with Gasteiger partial charge in [-0.1, -0.05) is 42.5 Å². The molecule has 0 spiro atoms. The Kier molecular flexibility index (Phi) is 5.03. The Balaban J connectivity index is 0.00000128. The van der Waals surface area contributed by atoms with E-state index in [-0.39, 0.29) is 35.3 Å². The van der Waals surface area contributed by atoms with Crippen molar-refractivity contribution in [3.8, 4) is 5.75 Å². The number of aromatic hydroxyl groups is 1. The summed E-state index contributed by atoms with van der Waals surface area (Å²) >= 11 is 0. The van der Waals surface area contributed by atoms with Crippen molar-refractivity contribution in [2.75, 3.05) is 0 Å². The number of benzene rings is 2. The maximum atomic E-state index is 10.0. The monoisotopic (exact) mass is 224 g/mol. The van der Waals surface area contributed by atoms with Gasteiger partial charge in [-0.2, -0.15) is 0 Å². The van der Waals surface area contributed by atoms with Crippen molar-refractivity contribution in [2.24, 2.45) is 0 Å². The fourth-order valence-corrected chi connectivity index (χ4v) is 1.48. The Bertz CT molecular complexity index is 425. The third-order valence-corrected chi connectivity index (χ3v) is 2.32. The zero-order valence-corrected chi connectivity index (χ0v) is 8.17. The maximum absolute atomic E-state index is 10.0. The molecule has 0 fully saturated rings. The molecule has 0 aliphatic carbocycles. The van der Waals surface area contributed by atoms with Crippen LogP contribution in [-0.4, -0.2) is 39.8 Å². The molecule has 0 radical (unpaired) electrons. The second-order valence-electron chi connectivity index (χ2n) is 3.40. The number of rotatable bonds is 2. The van der Waals surface area contributed by atoms with Crippen LogP contribution in [0.25, 0.3) is 0 Å². The molecule has 16 heavy (non-hydrogen) atoms. The topological polar surface area (TPSA) is 40.5 Å². The predicted octanol–water partition coefficient (Wildman–Crippen LogP) is 1.83. The fourth-order valence-electron chi connectivity index (χ4n) is 1.48. The van der Waals surface area contributed by atoms with E-state index >= 15 is 0 Å². The molecule has 2 rings (SSSR count). The summed E-state index contributed by atoms with van der Waals surface area (Å²) in [7, 11) is 0. The van der Waals surface area contributed by atoms with Crippen molar-refractivity contribution >= 4 is 29.6 Å². The molecule has 1 atom stereocenters. The minimum atomic E-state index is -0.633. The van der Waals surface area contributed by atoms with Crippen LogP contribution in [0.3, 0.4) is 0 Å². The normalized spacial score (nSPS) is 11.6. The summed E-state index contributed by atoms with van der Waals surface area (Å²) in [5.74, 6) is 0.207. The Morgan fingerprint density at radius 1 is 0.750 bits per heavy atom. The van der Waals surface area contributed by atoms with Crippen molar-refractivity contribution in [3.63, 3.8) is 0 Å². The molecular formula is C13H13NaO2. The predicted molar refractivity (Wildman–Crippen MR) is 65.8 cm³/mol. The van der Waals surface area contributed by atoms with E-state index in [1.54, 1.807) is 24.3 Å². The summed E-state index contributed by atoms with van der Waals surface area (Å²) in [6.45, 7) is 0. The Labute approximate surface area is 117 Å². The van der Waals surface area contributed by atoms with Gasteiger partial charge in [-0.05, 0) is 23.3 Å². The summed E-state index contributed by atoms with van der Waals surface area (Å²) in [6.07, 6.45) is -0.633. The zero-order valence-electron chi connectivity index (χ0n) is 8.17. The van der Waals surface area contributed by atoms with Crippen LogP contribution in [-0.2, 0) is 0 Å². The van der Waals surface area contributed by atoms with Crippen LogP contribution in [0, 0.1) is 0 Å². The Hall–Kier alpha value is -0.800. The van der Waals surface area contributed by atoms with Gasteiger partial charge in [0.1, 0.15) is 11.9 Å². The third kappa shape index (κ3) is 3.09. The molecule has 0 amide bonds. The van der Waals surface area contributed by atoms with Crippen LogP contribution in [0.1, 0.15) is 17.2 Å². The van der Waals surface area contributed by atoms with Crippen LogP contribution in [0.4, 0.5) is 0 Å². The molecule has 1 unspecified atom stereocenters. The average Bonchev–Trinajstić information content (AvgIpc) is 2.30. The van der Waals surface area contributed by atoms with E-state index in [2.05, 4.69) is 0 Å². The Morgan fingerprint density at radius 3 is 1.81 bits per heavy atom. The van der Waals surface area contributed by atoms with Gasteiger partial charge in [0.05, 0.1) is 0 Å². The van der Waals surface area contributed by atoms with Crippen LogP contribution in [0.15, 0.2) is 54.6 Å². The standard InChI is InChI=1S/C13H12O2.Na.H/c14-12-8-6-11(7-9-12)13(15)10-4-2-1-3-5-10;;/h1-9,13-15H;;. The number of hydrogen-bond donors (Lipinski definition) is 2. The number of hydrogen-bond acceptors (Lipinski definition) is 2. The van der Waals surface area contributed by atoms with E-state index in [9.17, 15) is 5.11 Å². The molecule has 0 aliphatic heterocycles. The van der Waals surface area contributed by atoms with Crippen molar-refractivity contribution in [1.82, 2.24) is 0 Å². The molecule has 0 aromatic heterocycles. The van der Waals surface area contributed by atoms with E-state index in [0.29, 0.717) is 0 Å². The van der Waals surface area contributed by atoms with Gasteiger partial charge in [0, 0.05) is 0 Å². The van der Waals surface area contributed by atoms with E-state index in [0.717, 1.165) is 11.1 Å². The summed E-state index contributed by atoms with van der Waals surface area (Å²) in [5, 5.41) is 19.1. The van der Waals surface area contributed by atoms with Crippen LogP contribution in [0.2, 0.25) is 0 Å². The quantitative estimate of drug-likeness (QED) is 0.764.